The van der Waals surface area contributed by atoms with Crippen LogP contribution in [0.3, 0.4) is 0 Å². The van der Waals surface area contributed by atoms with Gasteiger partial charge in [0.05, 0.1) is 19.8 Å². The van der Waals surface area contributed by atoms with Gasteiger partial charge in [0.25, 0.3) is 0 Å². The summed E-state index contributed by atoms with van der Waals surface area (Å²) in [5.41, 5.74) is -2.55. The third kappa shape index (κ3) is 2.34. The first kappa shape index (κ1) is 20.0. The maximum atomic E-state index is 11.5. The van der Waals surface area contributed by atoms with Crippen molar-refractivity contribution >= 4 is 8.07 Å². The highest BCUT2D eigenvalue weighted by Crippen LogP contribution is 2.72. The lowest BCUT2D eigenvalue weighted by Gasteiger charge is -2.47. The molecule has 3 rings (SSSR count). The molecule has 2 aliphatic rings. The number of hydrogen-bond donors (Lipinski definition) is 3. The van der Waals surface area contributed by atoms with Crippen LogP contribution in [0.2, 0.25) is 18.1 Å². The van der Waals surface area contributed by atoms with Gasteiger partial charge in [-0.05, 0) is 10.6 Å². The zero-order valence-corrected chi connectivity index (χ0v) is 18.2. The Bertz CT molecular complexity index is 684. The van der Waals surface area contributed by atoms with Crippen LogP contribution in [0.25, 0.3) is 0 Å². The van der Waals surface area contributed by atoms with Gasteiger partial charge in [0.1, 0.15) is 11.2 Å². The first-order valence-electron chi connectivity index (χ1n) is 9.62. The molecular formula is C21H35NO3Si. The summed E-state index contributed by atoms with van der Waals surface area (Å²) in [5, 5.41) is 34.2. The number of β-amino-alcohol motifs (C(OH)–C–C–N with tert-alkyl or cyclic N) is 1. The van der Waals surface area contributed by atoms with E-state index < -0.39 is 36.5 Å². The lowest BCUT2D eigenvalue weighted by molar-refractivity contribution is -0.0202. The summed E-state index contributed by atoms with van der Waals surface area (Å²) in [4.78, 5) is 2.10. The fraction of sp³-hybridized carbons (Fsp3) is 0.714. The molecule has 0 spiro atoms. The second kappa shape index (κ2) is 5.64. The molecule has 146 valence electrons. The van der Waals surface area contributed by atoms with Crippen LogP contribution in [0.5, 0.6) is 0 Å². The van der Waals surface area contributed by atoms with E-state index in [-0.39, 0.29) is 5.04 Å². The molecule has 2 fully saturated rings. The normalized spacial score (nSPS) is 35.2. The molecule has 1 saturated heterocycles. The molecule has 0 bridgehead atoms. The Balaban J connectivity index is 1.99. The molecule has 1 aromatic carbocycles. The van der Waals surface area contributed by atoms with Gasteiger partial charge in [-0.15, -0.1) is 0 Å². The van der Waals surface area contributed by atoms with E-state index >= 15 is 0 Å². The van der Waals surface area contributed by atoms with Gasteiger partial charge in [0.15, 0.2) is 0 Å². The monoisotopic (exact) mass is 377 g/mol. The average Bonchev–Trinajstić information content (AvgIpc) is 2.73. The Hall–Kier alpha value is -0.723. The summed E-state index contributed by atoms with van der Waals surface area (Å²) in [6.45, 7) is 15.7. The number of fused-ring (bicyclic) bond motifs is 1. The van der Waals surface area contributed by atoms with Crippen LogP contribution in [0.1, 0.15) is 40.2 Å². The van der Waals surface area contributed by atoms with E-state index in [1.165, 1.54) is 0 Å². The predicted molar refractivity (Wildman–Crippen MR) is 108 cm³/mol. The Kier molecular flexibility index (Phi) is 4.35. The molecule has 0 aromatic heterocycles. The van der Waals surface area contributed by atoms with E-state index in [1.807, 2.05) is 32.0 Å². The number of hydrogen-bond acceptors (Lipinski definition) is 4. The largest absolute Gasteiger partial charge is 0.395 e. The predicted octanol–water partition coefficient (Wildman–Crippen LogP) is 2.78. The lowest BCUT2D eigenvalue weighted by atomic mass is 9.97. The number of benzene rings is 1. The maximum Gasteiger partial charge on any atom is 0.121 e. The molecule has 4 nitrogen and oxygen atoms in total. The van der Waals surface area contributed by atoms with Gasteiger partial charge in [0.2, 0.25) is 0 Å². The van der Waals surface area contributed by atoms with Crippen LogP contribution in [0, 0.1) is 5.41 Å². The van der Waals surface area contributed by atoms with E-state index in [1.54, 1.807) is 0 Å². The molecule has 1 unspecified atom stereocenters. The van der Waals surface area contributed by atoms with Crippen LogP contribution in [-0.4, -0.2) is 57.8 Å². The van der Waals surface area contributed by atoms with Gasteiger partial charge in [-0.1, -0.05) is 78.0 Å². The first-order chi connectivity index (χ1) is 11.7. The number of rotatable bonds is 4. The van der Waals surface area contributed by atoms with E-state index in [9.17, 15) is 15.3 Å². The highest BCUT2D eigenvalue weighted by Gasteiger charge is 2.90. The van der Waals surface area contributed by atoms with Gasteiger partial charge >= 0.3 is 0 Å². The van der Waals surface area contributed by atoms with Crippen molar-refractivity contribution in [1.82, 2.24) is 4.90 Å². The number of likely N-dealkylation sites (tertiary alicyclic amines) is 1. The van der Waals surface area contributed by atoms with Crippen molar-refractivity contribution in [2.45, 2.75) is 82.3 Å². The summed E-state index contributed by atoms with van der Waals surface area (Å²) in [6, 6.07) is 9.63. The topological polar surface area (TPSA) is 63.9 Å². The van der Waals surface area contributed by atoms with Crippen molar-refractivity contribution in [3.63, 3.8) is 0 Å². The third-order valence-electron chi connectivity index (χ3n) is 8.01. The lowest BCUT2D eigenvalue weighted by Crippen LogP contribution is -2.62. The Labute approximate surface area is 158 Å². The minimum Gasteiger partial charge on any atom is -0.395 e. The van der Waals surface area contributed by atoms with Crippen LogP contribution in [0.4, 0.5) is 0 Å². The van der Waals surface area contributed by atoms with Crippen molar-refractivity contribution in [2.75, 3.05) is 6.54 Å². The molecule has 1 aromatic rings. The molecule has 3 N–H and O–H groups in total. The minimum absolute atomic E-state index is 0.0130. The summed E-state index contributed by atoms with van der Waals surface area (Å²) in [5.74, 6) is 0. The minimum atomic E-state index is -2.15. The Morgan fingerprint density at radius 2 is 1.69 bits per heavy atom. The van der Waals surface area contributed by atoms with Gasteiger partial charge in [-0.3, -0.25) is 4.90 Å². The summed E-state index contributed by atoms with van der Waals surface area (Å²) >= 11 is 0. The van der Waals surface area contributed by atoms with Crippen molar-refractivity contribution in [1.29, 1.82) is 0 Å². The molecule has 1 aliphatic heterocycles. The molecule has 1 heterocycles. The highest BCUT2D eigenvalue weighted by atomic mass is 28.3. The van der Waals surface area contributed by atoms with Crippen molar-refractivity contribution in [3.8, 4) is 0 Å². The van der Waals surface area contributed by atoms with Crippen LogP contribution < -0.4 is 0 Å². The number of aliphatic hydroxyl groups is 3. The number of aliphatic hydroxyl groups excluding tert-OH is 1. The Morgan fingerprint density at radius 1 is 1.15 bits per heavy atom. The van der Waals surface area contributed by atoms with Crippen molar-refractivity contribution < 1.29 is 15.3 Å². The van der Waals surface area contributed by atoms with Gasteiger partial charge < -0.3 is 15.3 Å². The van der Waals surface area contributed by atoms with Crippen LogP contribution >= 0.6 is 0 Å². The zero-order chi connectivity index (χ0) is 19.8. The molecule has 0 amide bonds. The van der Waals surface area contributed by atoms with E-state index in [0.717, 1.165) is 5.56 Å². The second-order valence-electron chi connectivity index (χ2n) is 10.5. The summed E-state index contributed by atoms with van der Waals surface area (Å²) in [7, 11) is -2.15. The number of nitrogens with zero attached hydrogens (tertiary/aromatic N) is 1. The fourth-order valence-electron chi connectivity index (χ4n) is 4.78. The highest BCUT2D eigenvalue weighted by molar-refractivity contribution is 6.81. The Morgan fingerprint density at radius 3 is 2.19 bits per heavy atom. The molecule has 1 aliphatic carbocycles. The first-order valence-corrected chi connectivity index (χ1v) is 12.7. The van der Waals surface area contributed by atoms with Crippen LogP contribution in [0.15, 0.2) is 30.3 Å². The SMILES string of the molecule is CC1(C)[C@]2(O)CN(Cc3ccccc3)[C@H](C(O)[Si](C)(C)C(C)(C)C)[C@]12O. The smallest absolute Gasteiger partial charge is 0.121 e. The molecule has 26 heavy (non-hydrogen) atoms. The fourth-order valence-corrected chi connectivity index (χ4v) is 6.91. The molecule has 5 heteroatoms. The second-order valence-corrected chi connectivity index (χ2v) is 16.0. The number of piperidine rings is 1. The average molecular weight is 378 g/mol. The third-order valence-corrected chi connectivity index (χ3v) is 13.7. The molecule has 1 saturated carbocycles. The summed E-state index contributed by atoms with van der Waals surface area (Å²) < 4.78 is 0. The molecule has 4 atom stereocenters. The van der Waals surface area contributed by atoms with Crippen molar-refractivity contribution in [3.05, 3.63) is 35.9 Å². The molecule has 0 radical (unpaired) electrons. The van der Waals surface area contributed by atoms with Crippen LogP contribution in [-0.2, 0) is 6.54 Å². The maximum absolute atomic E-state index is 11.5. The molecular weight excluding hydrogens is 342 g/mol. The van der Waals surface area contributed by atoms with Gasteiger partial charge in [-0.25, -0.2) is 0 Å². The summed E-state index contributed by atoms with van der Waals surface area (Å²) in [6.07, 6.45) is 0. The van der Waals surface area contributed by atoms with E-state index in [4.69, 9.17) is 0 Å². The standard InChI is InChI=1S/C21H35NO3Si/c1-18(2,3)26(6,7)17(23)16-21(25)19(4,5)20(21,24)14-22(16)13-15-11-9-8-10-12-15/h8-12,16-17,23-25H,13-14H2,1-7H3/t16-,17?,20-,21+/m1/s1. The van der Waals surface area contributed by atoms with Gasteiger partial charge in [0, 0.05) is 18.5 Å². The van der Waals surface area contributed by atoms with Crippen molar-refractivity contribution in [2.24, 2.45) is 5.41 Å². The zero-order valence-electron chi connectivity index (χ0n) is 17.2. The van der Waals surface area contributed by atoms with E-state index in [0.29, 0.717) is 13.1 Å². The van der Waals surface area contributed by atoms with E-state index in [2.05, 4.69) is 50.9 Å². The quantitative estimate of drug-likeness (QED) is 0.706. The van der Waals surface area contributed by atoms with Gasteiger partial charge in [-0.2, -0.15) is 0 Å².